The fourth-order valence-electron chi connectivity index (χ4n) is 0.214. The predicted molar refractivity (Wildman–Crippen MR) is 62.0 cm³/mol. The third-order valence-corrected chi connectivity index (χ3v) is 0.653. The number of rotatable bonds is 4. The first kappa shape index (κ1) is 21.0. The summed E-state index contributed by atoms with van der Waals surface area (Å²) in [4.78, 5) is 19.3. The third kappa shape index (κ3) is 68.4. The van der Waals surface area contributed by atoms with Crippen LogP contribution in [0.15, 0.2) is 0 Å². The smallest absolute Gasteiger partial charge is 0.303 e. The second-order valence-corrected chi connectivity index (χ2v) is 7.06. The van der Waals surface area contributed by atoms with Crippen LogP contribution in [0.3, 0.4) is 0 Å². The number of aliphatic hydroxyl groups is 2. The highest BCUT2D eigenvalue weighted by Gasteiger charge is 2.00. The minimum Gasteiger partial charge on any atom is -0.481 e. The molecule has 0 aliphatic heterocycles. The van der Waals surface area contributed by atoms with Crippen molar-refractivity contribution in [1.82, 2.24) is 0 Å². The lowest BCUT2D eigenvalue weighted by Crippen LogP contribution is -2.00. The SMILES string of the molecule is C[Si](Cl)Cl.O=C(O)CCC(=O)O.OCCO. The molecule has 1 radical (unpaired) electrons. The summed E-state index contributed by atoms with van der Waals surface area (Å²) in [5.41, 5.74) is 0. The standard InChI is InChI=1S/C4H6O4.C2H6O2.CH3Cl2Si/c5-3(6)1-2-4(7)8;3-1-2-4;1-4(2)3/h1-2H2,(H,5,6)(H,7,8);3-4H,1-2H2;1H3. The quantitative estimate of drug-likeness (QED) is 0.443. The van der Waals surface area contributed by atoms with Crippen LogP contribution in [0.2, 0.25) is 6.55 Å². The van der Waals surface area contributed by atoms with Gasteiger partial charge in [0, 0.05) is 0 Å². The highest BCUT2D eigenvalue weighted by atomic mass is 35.7. The molecular weight excluding hydrogens is 279 g/mol. The van der Waals surface area contributed by atoms with Crippen molar-refractivity contribution in [3.63, 3.8) is 0 Å². The van der Waals surface area contributed by atoms with Gasteiger partial charge in [0.05, 0.1) is 26.1 Å². The monoisotopic (exact) mass is 293 g/mol. The number of carbonyl (C=O) groups is 2. The van der Waals surface area contributed by atoms with E-state index in [1.54, 1.807) is 6.55 Å². The maximum Gasteiger partial charge on any atom is 0.303 e. The number of hydrogen-bond donors (Lipinski definition) is 4. The zero-order chi connectivity index (χ0) is 13.6. The van der Waals surface area contributed by atoms with Crippen LogP contribution in [-0.2, 0) is 9.59 Å². The molecule has 0 fully saturated rings. The first-order chi connectivity index (χ1) is 7.27. The lowest BCUT2D eigenvalue weighted by Gasteiger charge is -1.85. The summed E-state index contributed by atoms with van der Waals surface area (Å²) in [5, 5.41) is 31.0. The molecule has 0 aromatic rings. The molecule has 0 bridgehead atoms. The van der Waals surface area contributed by atoms with Crippen LogP contribution < -0.4 is 0 Å². The minimum absolute atomic E-state index is 0.125. The van der Waals surface area contributed by atoms with Crippen LogP contribution in [0.4, 0.5) is 0 Å². The highest BCUT2D eigenvalue weighted by molar-refractivity contribution is 7.33. The van der Waals surface area contributed by atoms with Crippen molar-refractivity contribution in [3.05, 3.63) is 0 Å². The molecule has 9 heteroatoms. The largest absolute Gasteiger partial charge is 0.481 e. The lowest BCUT2D eigenvalue weighted by molar-refractivity contribution is -0.143. The molecule has 4 N–H and O–H groups in total. The van der Waals surface area contributed by atoms with Gasteiger partial charge in [0.1, 0.15) is 0 Å². The molecule has 0 aromatic heterocycles. The Bertz CT molecular complexity index is 160. The van der Waals surface area contributed by atoms with Gasteiger partial charge in [0.25, 0.3) is 7.42 Å². The van der Waals surface area contributed by atoms with Crippen molar-refractivity contribution in [1.29, 1.82) is 0 Å². The van der Waals surface area contributed by atoms with Crippen LogP contribution in [0.1, 0.15) is 12.8 Å². The van der Waals surface area contributed by atoms with E-state index in [9.17, 15) is 9.59 Å². The van der Waals surface area contributed by atoms with Gasteiger partial charge in [-0.2, -0.15) is 0 Å². The summed E-state index contributed by atoms with van der Waals surface area (Å²) in [7, 11) is -0.935. The number of aliphatic carboxylic acids is 2. The zero-order valence-electron chi connectivity index (χ0n) is 8.69. The Labute approximate surface area is 104 Å². The molecule has 0 rings (SSSR count). The van der Waals surface area contributed by atoms with E-state index in [4.69, 9.17) is 42.6 Å². The van der Waals surface area contributed by atoms with Gasteiger partial charge in [0.15, 0.2) is 0 Å². The van der Waals surface area contributed by atoms with Crippen LogP contribution in [0, 0.1) is 0 Å². The molecule has 97 valence electrons. The minimum atomic E-state index is -1.08. The third-order valence-electron chi connectivity index (χ3n) is 0.653. The molecule has 0 aliphatic rings. The number of aliphatic hydroxyl groups excluding tert-OH is 2. The summed E-state index contributed by atoms with van der Waals surface area (Å²) in [6.07, 6.45) is -0.593. The average Bonchev–Trinajstić information content (AvgIpc) is 2.14. The Morgan fingerprint density at radius 2 is 1.19 bits per heavy atom. The molecule has 0 heterocycles. The van der Waals surface area contributed by atoms with Crippen LogP contribution in [0.25, 0.3) is 0 Å². The molecule has 0 aromatic carbocycles. The summed E-state index contributed by atoms with van der Waals surface area (Å²) in [6, 6.07) is 0. The van der Waals surface area contributed by atoms with Gasteiger partial charge in [0.2, 0.25) is 0 Å². The Morgan fingerprint density at radius 3 is 1.25 bits per heavy atom. The van der Waals surface area contributed by atoms with Gasteiger partial charge >= 0.3 is 11.9 Å². The zero-order valence-corrected chi connectivity index (χ0v) is 11.2. The van der Waals surface area contributed by atoms with Gasteiger partial charge in [-0.3, -0.25) is 9.59 Å². The van der Waals surface area contributed by atoms with E-state index in [1.165, 1.54) is 0 Å². The van der Waals surface area contributed by atoms with Crippen molar-refractivity contribution in [2.75, 3.05) is 13.2 Å². The van der Waals surface area contributed by atoms with Crippen LogP contribution >= 0.6 is 22.2 Å². The van der Waals surface area contributed by atoms with E-state index in [0.717, 1.165) is 0 Å². The van der Waals surface area contributed by atoms with Crippen molar-refractivity contribution >= 4 is 41.5 Å². The fourth-order valence-corrected chi connectivity index (χ4v) is 0.214. The molecule has 0 saturated carbocycles. The summed E-state index contributed by atoms with van der Waals surface area (Å²) in [6.45, 7) is 1.55. The fraction of sp³-hybridized carbons (Fsp3) is 0.714. The van der Waals surface area contributed by atoms with E-state index in [2.05, 4.69) is 0 Å². The topological polar surface area (TPSA) is 115 Å². The number of carboxylic acid groups (broad SMARTS) is 2. The van der Waals surface area contributed by atoms with Gasteiger partial charge in [-0.25, -0.2) is 0 Å². The molecular formula is C7H15Cl2O6Si. The average molecular weight is 294 g/mol. The maximum absolute atomic E-state index is 9.64. The Hall–Kier alpha value is -0.343. The molecule has 16 heavy (non-hydrogen) atoms. The van der Waals surface area contributed by atoms with E-state index in [1.807, 2.05) is 0 Å². The van der Waals surface area contributed by atoms with Gasteiger partial charge in [-0.1, -0.05) is 0 Å². The predicted octanol–water partition coefficient (Wildman–Crippen LogP) is 0.489. The second-order valence-electron chi connectivity index (χ2n) is 2.18. The van der Waals surface area contributed by atoms with Crippen molar-refractivity contribution in [2.45, 2.75) is 19.4 Å². The molecule has 6 nitrogen and oxygen atoms in total. The molecule has 0 spiro atoms. The molecule has 0 atom stereocenters. The van der Waals surface area contributed by atoms with Gasteiger partial charge < -0.3 is 20.4 Å². The second kappa shape index (κ2) is 17.1. The van der Waals surface area contributed by atoms with Crippen molar-refractivity contribution < 1.29 is 30.0 Å². The highest BCUT2D eigenvalue weighted by Crippen LogP contribution is 1.89. The van der Waals surface area contributed by atoms with Crippen LogP contribution in [-0.4, -0.2) is 53.0 Å². The Balaban J connectivity index is -0.000000179. The lowest BCUT2D eigenvalue weighted by atomic mass is 10.3. The number of hydrogen-bond acceptors (Lipinski definition) is 4. The summed E-state index contributed by atoms with van der Waals surface area (Å²) < 4.78 is 0. The van der Waals surface area contributed by atoms with E-state index >= 15 is 0 Å². The van der Waals surface area contributed by atoms with E-state index < -0.39 is 19.4 Å². The first-order valence-corrected chi connectivity index (χ1v) is 8.10. The molecule has 0 unspecified atom stereocenters. The van der Waals surface area contributed by atoms with Gasteiger partial charge in [-0.05, 0) is 6.55 Å². The number of carboxylic acids is 2. The molecule has 0 aliphatic carbocycles. The number of halogens is 2. The normalized spacial score (nSPS) is 8.38. The Kier molecular flexibility index (Phi) is 22.4. The maximum atomic E-state index is 9.64. The van der Waals surface area contributed by atoms with E-state index in [0.29, 0.717) is 0 Å². The summed E-state index contributed by atoms with van der Waals surface area (Å²) in [5.74, 6) is -2.15. The molecule has 0 saturated heterocycles. The Morgan fingerprint density at radius 1 is 1.00 bits per heavy atom. The van der Waals surface area contributed by atoms with Gasteiger partial charge in [-0.15, -0.1) is 22.2 Å². The van der Waals surface area contributed by atoms with E-state index in [-0.39, 0.29) is 26.1 Å². The van der Waals surface area contributed by atoms with Crippen molar-refractivity contribution in [2.24, 2.45) is 0 Å². The molecule has 0 amide bonds. The van der Waals surface area contributed by atoms with Crippen molar-refractivity contribution in [3.8, 4) is 0 Å². The first-order valence-electron chi connectivity index (χ1n) is 4.07. The van der Waals surface area contributed by atoms with Crippen LogP contribution in [0.5, 0.6) is 0 Å². The summed E-state index contributed by atoms with van der Waals surface area (Å²) >= 11 is 10.3.